The van der Waals surface area contributed by atoms with Crippen molar-refractivity contribution < 1.29 is 13.2 Å². The Morgan fingerprint density at radius 1 is 0.938 bits per heavy atom. The number of sulfonamides is 1. The normalized spacial score (nSPS) is 18.6. The maximum atomic E-state index is 13.0. The molecule has 4 N–H and O–H groups in total. The molecule has 1 rings (SSSR count). The van der Waals surface area contributed by atoms with E-state index in [1.807, 2.05) is 0 Å². The Labute approximate surface area is 197 Å². The number of amides is 1. The number of hydrogen-bond donors (Lipinski definition) is 2. The highest BCUT2D eigenvalue weighted by molar-refractivity contribution is 7.89. The van der Waals surface area contributed by atoms with E-state index in [4.69, 9.17) is 11.6 Å². The van der Waals surface area contributed by atoms with E-state index in [1.54, 1.807) is 4.31 Å². The average Bonchev–Trinajstić information content (AvgIpc) is 2.78. The van der Waals surface area contributed by atoms with Crippen molar-refractivity contribution in [2.45, 2.75) is 129 Å². The number of carbonyl (C=O) groups is 1. The summed E-state index contributed by atoms with van der Waals surface area (Å²) in [6.07, 6.45) is 16.8. The first kappa shape index (κ1) is 29.3. The van der Waals surface area contributed by atoms with Crippen LogP contribution in [0.3, 0.4) is 0 Å². The summed E-state index contributed by atoms with van der Waals surface area (Å²) in [5, 5.41) is 1.15. The number of nitrogens with zero attached hydrogens (tertiary/aromatic N) is 2. The first-order valence-corrected chi connectivity index (χ1v) is 14.8. The highest BCUT2D eigenvalue weighted by Crippen LogP contribution is 2.22. The molecule has 2 unspecified atom stereocenters. The summed E-state index contributed by atoms with van der Waals surface area (Å²) in [6, 6.07) is -0.857. The van der Waals surface area contributed by atoms with Gasteiger partial charge in [0.1, 0.15) is 0 Å². The van der Waals surface area contributed by atoms with Gasteiger partial charge in [-0.25, -0.2) is 14.3 Å². The highest BCUT2D eigenvalue weighted by Gasteiger charge is 2.34. The van der Waals surface area contributed by atoms with Crippen molar-refractivity contribution in [2.75, 3.05) is 18.8 Å². The molecule has 1 aliphatic rings. The van der Waals surface area contributed by atoms with Crippen LogP contribution in [-0.2, 0) is 14.8 Å². The van der Waals surface area contributed by atoms with E-state index in [1.165, 1.54) is 44.9 Å². The Morgan fingerprint density at radius 2 is 1.50 bits per heavy atom. The number of hydrogen-bond acceptors (Lipinski definition) is 5. The van der Waals surface area contributed by atoms with E-state index >= 15 is 0 Å². The largest absolute Gasteiger partial charge is 0.320 e. The number of rotatable bonds is 18. The van der Waals surface area contributed by atoms with Gasteiger partial charge in [0.25, 0.3) is 5.91 Å². The predicted molar refractivity (Wildman–Crippen MR) is 133 cm³/mol. The van der Waals surface area contributed by atoms with Crippen molar-refractivity contribution in [1.82, 2.24) is 9.31 Å². The molecule has 0 aromatic carbocycles. The SMILES string of the molecule is CCCCCCCCCCCCS(=O)(=O)N1CCCCC1CN(N)C(=O)C(N)CCCC. The van der Waals surface area contributed by atoms with Crippen molar-refractivity contribution in [3.63, 3.8) is 0 Å². The minimum Gasteiger partial charge on any atom is -0.320 e. The molecule has 0 radical (unpaired) electrons. The van der Waals surface area contributed by atoms with Gasteiger partial charge in [0.05, 0.1) is 18.3 Å². The quantitative estimate of drug-likeness (QED) is 0.133. The van der Waals surface area contributed by atoms with Gasteiger partial charge >= 0.3 is 0 Å². The summed E-state index contributed by atoms with van der Waals surface area (Å²) >= 11 is 0. The molecule has 0 aromatic rings. The number of carbonyl (C=O) groups excluding carboxylic acids is 1. The number of nitrogens with two attached hydrogens (primary N) is 2. The van der Waals surface area contributed by atoms with Gasteiger partial charge in [0.2, 0.25) is 10.0 Å². The Balaban J connectivity index is 2.41. The highest BCUT2D eigenvalue weighted by atomic mass is 32.2. The summed E-state index contributed by atoms with van der Waals surface area (Å²) in [7, 11) is -3.34. The van der Waals surface area contributed by atoms with Gasteiger partial charge in [-0.3, -0.25) is 9.80 Å². The minimum atomic E-state index is -3.34. The molecule has 0 aliphatic carbocycles. The third-order valence-electron chi connectivity index (χ3n) is 6.56. The fourth-order valence-corrected chi connectivity index (χ4v) is 6.33. The van der Waals surface area contributed by atoms with Crippen molar-refractivity contribution in [1.29, 1.82) is 0 Å². The van der Waals surface area contributed by atoms with Crippen LogP contribution in [-0.4, -0.2) is 54.6 Å². The van der Waals surface area contributed by atoms with Crippen LogP contribution in [0.5, 0.6) is 0 Å². The van der Waals surface area contributed by atoms with Gasteiger partial charge < -0.3 is 5.73 Å². The Hall–Kier alpha value is -0.700. The summed E-state index contributed by atoms with van der Waals surface area (Å²) in [6.45, 7) is 5.03. The van der Waals surface area contributed by atoms with Gasteiger partial charge in [-0.1, -0.05) is 90.9 Å². The topological polar surface area (TPSA) is 110 Å². The maximum Gasteiger partial charge on any atom is 0.253 e. The van der Waals surface area contributed by atoms with Gasteiger partial charge in [-0.15, -0.1) is 0 Å². The summed E-state index contributed by atoms with van der Waals surface area (Å²) in [5.41, 5.74) is 5.97. The van der Waals surface area contributed by atoms with Gasteiger partial charge in [-0.05, 0) is 25.7 Å². The summed E-state index contributed by atoms with van der Waals surface area (Å²) in [5.74, 6) is 5.91. The van der Waals surface area contributed by atoms with Crippen LogP contribution in [0.4, 0.5) is 0 Å². The second-order valence-electron chi connectivity index (χ2n) is 9.50. The van der Waals surface area contributed by atoms with E-state index in [-0.39, 0.29) is 24.2 Å². The van der Waals surface area contributed by atoms with Crippen LogP contribution in [0.2, 0.25) is 0 Å². The molecule has 7 nitrogen and oxygen atoms in total. The fraction of sp³-hybridized carbons (Fsp3) is 0.958. The molecule has 1 amide bonds. The zero-order valence-corrected chi connectivity index (χ0v) is 21.6. The van der Waals surface area contributed by atoms with Crippen LogP contribution in [0.1, 0.15) is 117 Å². The molecule has 1 fully saturated rings. The molecule has 0 bridgehead atoms. The Kier molecular flexibility index (Phi) is 15.4. The number of hydrazine groups is 1. The van der Waals surface area contributed by atoms with Crippen molar-refractivity contribution in [3.05, 3.63) is 0 Å². The van der Waals surface area contributed by atoms with Crippen LogP contribution < -0.4 is 11.6 Å². The number of unbranched alkanes of at least 4 members (excludes halogenated alkanes) is 10. The van der Waals surface area contributed by atoms with Gasteiger partial charge in [0.15, 0.2) is 0 Å². The lowest BCUT2D eigenvalue weighted by Crippen LogP contribution is -2.55. The molecule has 2 atom stereocenters. The van der Waals surface area contributed by atoms with E-state index in [0.29, 0.717) is 19.4 Å². The van der Waals surface area contributed by atoms with Crippen molar-refractivity contribution in [2.24, 2.45) is 11.6 Å². The molecular formula is C24H50N4O3S. The van der Waals surface area contributed by atoms with Gasteiger partial charge in [0, 0.05) is 12.6 Å². The molecule has 0 saturated carbocycles. The molecule has 32 heavy (non-hydrogen) atoms. The molecule has 1 saturated heterocycles. The monoisotopic (exact) mass is 474 g/mol. The zero-order valence-electron chi connectivity index (χ0n) is 20.8. The molecule has 190 valence electrons. The first-order chi connectivity index (χ1) is 15.3. The van der Waals surface area contributed by atoms with E-state index < -0.39 is 16.1 Å². The molecule has 1 heterocycles. The van der Waals surface area contributed by atoms with E-state index in [2.05, 4.69) is 13.8 Å². The van der Waals surface area contributed by atoms with Gasteiger partial charge in [-0.2, -0.15) is 4.31 Å². The Morgan fingerprint density at radius 3 is 2.09 bits per heavy atom. The molecule has 1 aliphatic heterocycles. The maximum absolute atomic E-state index is 13.0. The third kappa shape index (κ3) is 11.4. The van der Waals surface area contributed by atoms with E-state index in [0.717, 1.165) is 50.0 Å². The number of piperidine rings is 1. The van der Waals surface area contributed by atoms with Crippen LogP contribution in [0.15, 0.2) is 0 Å². The zero-order chi connectivity index (χ0) is 23.8. The molecule has 8 heteroatoms. The lowest BCUT2D eigenvalue weighted by atomic mass is 10.0. The second kappa shape index (κ2) is 16.8. The summed E-state index contributed by atoms with van der Waals surface area (Å²) in [4.78, 5) is 12.5. The fourth-order valence-electron chi connectivity index (χ4n) is 4.49. The predicted octanol–water partition coefficient (Wildman–Crippen LogP) is 4.31. The molecule has 0 aromatic heterocycles. The lowest BCUT2D eigenvalue weighted by Gasteiger charge is -2.37. The lowest BCUT2D eigenvalue weighted by molar-refractivity contribution is -0.133. The summed E-state index contributed by atoms with van der Waals surface area (Å²) < 4.78 is 27.6. The standard InChI is InChI=1S/C24H50N4O3S/c1-3-5-7-8-9-10-11-12-13-16-20-32(30,31)28-19-15-14-17-22(28)21-27(26)24(29)23(25)18-6-4-2/h22-23H,3-21,25-26H2,1-2H3. The molecular weight excluding hydrogens is 424 g/mol. The van der Waals surface area contributed by atoms with Crippen LogP contribution in [0, 0.1) is 0 Å². The smallest absolute Gasteiger partial charge is 0.253 e. The minimum absolute atomic E-state index is 0.189. The Bertz CT molecular complexity index is 600. The van der Waals surface area contributed by atoms with Crippen LogP contribution in [0.25, 0.3) is 0 Å². The third-order valence-corrected chi connectivity index (χ3v) is 8.56. The molecule has 0 spiro atoms. The van der Waals surface area contributed by atoms with Crippen molar-refractivity contribution >= 4 is 15.9 Å². The van der Waals surface area contributed by atoms with E-state index in [9.17, 15) is 13.2 Å². The van der Waals surface area contributed by atoms with Crippen LogP contribution >= 0.6 is 0 Å². The first-order valence-electron chi connectivity index (χ1n) is 13.1. The average molecular weight is 475 g/mol. The van der Waals surface area contributed by atoms with Crippen molar-refractivity contribution in [3.8, 4) is 0 Å². The second-order valence-corrected chi connectivity index (χ2v) is 11.5.